The molecule has 8 heteroatoms. The van der Waals surface area contributed by atoms with Crippen LogP contribution in [0.3, 0.4) is 0 Å². The van der Waals surface area contributed by atoms with Gasteiger partial charge in [-0.15, -0.1) is 0 Å². The van der Waals surface area contributed by atoms with Gasteiger partial charge in [0.2, 0.25) is 0 Å². The number of hydrogen-bond acceptors (Lipinski definition) is 4. The molecule has 1 amide bonds. The Labute approximate surface area is 128 Å². The second kappa shape index (κ2) is 5.67. The largest absolute Gasteiger partial charge is 0.480 e. The summed E-state index contributed by atoms with van der Waals surface area (Å²) in [5.41, 5.74) is -0.318. The zero-order valence-corrected chi connectivity index (χ0v) is 12.9. The molecule has 1 N–H and O–H groups in total. The van der Waals surface area contributed by atoms with E-state index < -0.39 is 11.6 Å². The predicted octanol–water partition coefficient (Wildman–Crippen LogP) is 1.81. The fourth-order valence-electron chi connectivity index (χ4n) is 1.97. The summed E-state index contributed by atoms with van der Waals surface area (Å²) in [6, 6.07) is 1.60. The Hall–Kier alpha value is -1.18. The van der Waals surface area contributed by atoms with Gasteiger partial charge in [0.25, 0.3) is 5.91 Å². The molecule has 0 aliphatic carbocycles. The summed E-state index contributed by atoms with van der Waals surface area (Å²) >= 11 is 9.14. The second-order valence-electron chi connectivity index (χ2n) is 4.79. The van der Waals surface area contributed by atoms with E-state index in [2.05, 4.69) is 20.9 Å². The number of aliphatic carboxylic acids is 1. The van der Waals surface area contributed by atoms with Crippen molar-refractivity contribution in [2.24, 2.45) is 0 Å². The van der Waals surface area contributed by atoms with Gasteiger partial charge >= 0.3 is 5.97 Å². The number of nitrogens with zero attached hydrogens (tertiary/aromatic N) is 2. The maximum Gasteiger partial charge on any atom is 0.329 e. The van der Waals surface area contributed by atoms with Crippen molar-refractivity contribution in [3.8, 4) is 0 Å². The first-order valence-electron chi connectivity index (χ1n) is 5.77. The monoisotopic (exact) mass is 362 g/mol. The number of ether oxygens (including phenoxy) is 1. The summed E-state index contributed by atoms with van der Waals surface area (Å²) in [5.74, 6) is -1.28. The topological polar surface area (TPSA) is 79.7 Å². The van der Waals surface area contributed by atoms with Crippen molar-refractivity contribution in [3.05, 3.63) is 27.5 Å². The van der Waals surface area contributed by atoms with Crippen LogP contribution in [0.4, 0.5) is 0 Å². The molecular weight excluding hydrogens is 351 g/mol. The lowest BCUT2D eigenvalue weighted by molar-refractivity contribution is -0.159. The van der Waals surface area contributed by atoms with Crippen molar-refractivity contribution in [3.63, 3.8) is 0 Å². The number of carboxylic acids is 1. The van der Waals surface area contributed by atoms with Crippen molar-refractivity contribution < 1.29 is 19.4 Å². The van der Waals surface area contributed by atoms with Gasteiger partial charge < -0.3 is 14.7 Å². The third-order valence-corrected chi connectivity index (χ3v) is 3.65. The highest BCUT2D eigenvalue weighted by molar-refractivity contribution is 9.10. The third-order valence-electron chi connectivity index (χ3n) is 2.92. The van der Waals surface area contributed by atoms with Crippen LogP contribution in [0.2, 0.25) is 5.15 Å². The molecule has 0 atom stereocenters. The Morgan fingerprint density at radius 3 is 2.85 bits per heavy atom. The molecule has 0 saturated carbocycles. The molecule has 0 bridgehead atoms. The number of carbonyl (C=O) groups is 2. The Morgan fingerprint density at radius 2 is 2.25 bits per heavy atom. The van der Waals surface area contributed by atoms with Gasteiger partial charge in [0.1, 0.15) is 17.4 Å². The van der Waals surface area contributed by atoms with E-state index >= 15 is 0 Å². The van der Waals surface area contributed by atoms with Crippen molar-refractivity contribution in [2.45, 2.75) is 12.5 Å². The molecule has 1 aromatic heterocycles. The Bertz CT molecular complexity index is 560. The highest BCUT2D eigenvalue weighted by atomic mass is 79.9. The molecule has 1 aliphatic heterocycles. The van der Waals surface area contributed by atoms with E-state index in [4.69, 9.17) is 21.4 Å². The zero-order valence-electron chi connectivity index (χ0n) is 10.6. The van der Waals surface area contributed by atoms with Crippen LogP contribution in [-0.2, 0) is 9.53 Å². The van der Waals surface area contributed by atoms with Crippen LogP contribution in [-0.4, -0.2) is 52.2 Å². The number of halogens is 2. The van der Waals surface area contributed by atoms with Crippen LogP contribution >= 0.6 is 27.5 Å². The lowest BCUT2D eigenvalue weighted by atomic mass is 9.95. The fourth-order valence-corrected chi connectivity index (χ4v) is 2.49. The minimum absolute atomic E-state index is 0.137. The molecule has 2 heterocycles. The van der Waals surface area contributed by atoms with E-state index in [-0.39, 0.29) is 17.7 Å². The number of pyridine rings is 1. The van der Waals surface area contributed by atoms with E-state index in [0.29, 0.717) is 23.1 Å². The normalized spacial score (nSPS) is 16.6. The second-order valence-corrected chi connectivity index (χ2v) is 6.06. The summed E-state index contributed by atoms with van der Waals surface area (Å²) in [7, 11) is 0. The van der Waals surface area contributed by atoms with Gasteiger partial charge in [0.15, 0.2) is 0 Å². The molecule has 6 nitrogen and oxygen atoms in total. The molecule has 0 radical (unpaired) electrons. The standard InChI is InChI=1S/C12H12BrClN2O4/c1-12(20-4-9(17)18)5-16(6-12)11(19)8-2-7(13)3-15-10(8)14/h2-3H,4-6H2,1H3,(H,17,18). The molecule has 0 spiro atoms. The van der Waals surface area contributed by atoms with Crippen LogP contribution in [0, 0.1) is 0 Å². The van der Waals surface area contributed by atoms with Crippen molar-refractivity contribution >= 4 is 39.4 Å². The van der Waals surface area contributed by atoms with Crippen LogP contribution in [0.25, 0.3) is 0 Å². The SMILES string of the molecule is CC1(OCC(=O)O)CN(C(=O)c2cc(Br)cnc2Cl)C1. The maximum atomic E-state index is 12.2. The number of carbonyl (C=O) groups excluding carboxylic acids is 1. The molecule has 2 rings (SSSR count). The van der Waals surface area contributed by atoms with Crippen LogP contribution in [0.15, 0.2) is 16.7 Å². The first kappa shape index (κ1) is 15.2. The molecule has 0 unspecified atom stereocenters. The van der Waals surface area contributed by atoms with Crippen molar-refractivity contribution in [2.75, 3.05) is 19.7 Å². The first-order chi connectivity index (χ1) is 9.31. The number of likely N-dealkylation sites (tertiary alicyclic amines) is 1. The van der Waals surface area contributed by atoms with Gasteiger partial charge in [-0.1, -0.05) is 11.6 Å². The Kier molecular flexibility index (Phi) is 4.31. The zero-order chi connectivity index (χ0) is 14.9. The number of amides is 1. The smallest absolute Gasteiger partial charge is 0.329 e. The van der Waals surface area contributed by atoms with Crippen molar-refractivity contribution in [1.82, 2.24) is 9.88 Å². The van der Waals surface area contributed by atoms with Crippen LogP contribution in [0.1, 0.15) is 17.3 Å². The number of carboxylic acid groups (broad SMARTS) is 1. The Morgan fingerprint density at radius 1 is 1.60 bits per heavy atom. The predicted molar refractivity (Wildman–Crippen MR) is 74.8 cm³/mol. The summed E-state index contributed by atoms with van der Waals surface area (Å²) in [4.78, 5) is 28.1. The van der Waals surface area contributed by atoms with Gasteiger partial charge in [-0.25, -0.2) is 9.78 Å². The molecular formula is C12H12BrClN2O4. The molecule has 1 aliphatic rings. The van der Waals surface area contributed by atoms with Gasteiger partial charge in [0.05, 0.1) is 18.7 Å². The quantitative estimate of drug-likeness (QED) is 0.825. The van der Waals surface area contributed by atoms with E-state index in [1.54, 1.807) is 13.0 Å². The van der Waals surface area contributed by atoms with Gasteiger partial charge in [-0.3, -0.25) is 4.79 Å². The molecule has 1 aromatic rings. The van der Waals surface area contributed by atoms with Gasteiger partial charge in [0, 0.05) is 10.7 Å². The summed E-state index contributed by atoms with van der Waals surface area (Å²) in [5, 5.41) is 8.72. The van der Waals surface area contributed by atoms with E-state index in [0.717, 1.165) is 0 Å². The summed E-state index contributed by atoms with van der Waals surface area (Å²) < 4.78 is 5.91. The molecule has 1 saturated heterocycles. The summed E-state index contributed by atoms with van der Waals surface area (Å²) in [6.07, 6.45) is 1.51. The van der Waals surface area contributed by atoms with Crippen molar-refractivity contribution in [1.29, 1.82) is 0 Å². The lowest BCUT2D eigenvalue weighted by Gasteiger charge is -2.47. The van der Waals surface area contributed by atoms with E-state index in [1.807, 2.05) is 0 Å². The Balaban J connectivity index is 2.00. The minimum atomic E-state index is -1.03. The van der Waals surface area contributed by atoms with Crippen LogP contribution < -0.4 is 0 Å². The molecule has 20 heavy (non-hydrogen) atoms. The van der Waals surface area contributed by atoms with Gasteiger partial charge in [-0.2, -0.15) is 0 Å². The highest BCUT2D eigenvalue weighted by Gasteiger charge is 2.43. The third kappa shape index (κ3) is 3.28. The van der Waals surface area contributed by atoms with Gasteiger partial charge in [-0.05, 0) is 28.9 Å². The lowest BCUT2D eigenvalue weighted by Crippen LogP contribution is -2.63. The van der Waals surface area contributed by atoms with E-state index in [9.17, 15) is 9.59 Å². The number of hydrogen-bond donors (Lipinski definition) is 1. The molecule has 0 aromatic carbocycles. The highest BCUT2D eigenvalue weighted by Crippen LogP contribution is 2.28. The maximum absolute atomic E-state index is 12.2. The number of aromatic nitrogens is 1. The minimum Gasteiger partial charge on any atom is -0.480 e. The average Bonchev–Trinajstić information content (AvgIpc) is 2.35. The summed E-state index contributed by atoms with van der Waals surface area (Å²) in [6.45, 7) is 2.03. The van der Waals surface area contributed by atoms with Crippen LogP contribution in [0.5, 0.6) is 0 Å². The first-order valence-corrected chi connectivity index (χ1v) is 6.94. The number of rotatable bonds is 4. The molecule has 1 fully saturated rings. The fraction of sp³-hybridized carbons (Fsp3) is 0.417. The van der Waals surface area contributed by atoms with E-state index in [1.165, 1.54) is 11.1 Å². The average molecular weight is 364 g/mol. The molecule has 108 valence electrons.